The topological polar surface area (TPSA) is 55.1 Å². The normalized spacial score (nSPS) is 11.4. The molecule has 4 heteroatoms. The van der Waals surface area contributed by atoms with Gasteiger partial charge in [0.15, 0.2) is 0 Å². The van der Waals surface area contributed by atoms with Crippen LogP contribution in [0.5, 0.6) is 0 Å². The van der Waals surface area contributed by atoms with Gasteiger partial charge in [-0.3, -0.25) is 4.79 Å². The number of alkyl halides is 1. The number of rotatable bonds is 3. The summed E-state index contributed by atoms with van der Waals surface area (Å²) in [6, 6.07) is 5.88. The number of carbonyl (C=O) groups is 1. The minimum atomic E-state index is -0.210. The van der Waals surface area contributed by atoms with Crippen LogP contribution in [-0.4, -0.2) is 11.8 Å². The van der Waals surface area contributed by atoms with Crippen molar-refractivity contribution in [2.45, 2.75) is 32.7 Å². The SMILES string of the molecule is CC(C)(C)c1cccc(CN)c1NC(=O)CCl. The van der Waals surface area contributed by atoms with Crippen LogP contribution in [0.2, 0.25) is 0 Å². The summed E-state index contributed by atoms with van der Waals surface area (Å²) in [6.07, 6.45) is 0. The van der Waals surface area contributed by atoms with Crippen LogP contribution in [0.25, 0.3) is 0 Å². The molecule has 0 bridgehead atoms. The van der Waals surface area contributed by atoms with Crippen molar-refractivity contribution >= 4 is 23.2 Å². The molecule has 0 radical (unpaired) electrons. The summed E-state index contributed by atoms with van der Waals surface area (Å²) in [4.78, 5) is 11.4. The van der Waals surface area contributed by atoms with E-state index in [1.807, 2.05) is 18.2 Å². The molecule has 0 aliphatic heterocycles. The van der Waals surface area contributed by atoms with Gasteiger partial charge in [0.25, 0.3) is 0 Å². The van der Waals surface area contributed by atoms with Crippen molar-refractivity contribution in [1.29, 1.82) is 0 Å². The van der Waals surface area contributed by atoms with E-state index in [1.165, 1.54) is 0 Å². The number of nitrogens with two attached hydrogens (primary N) is 1. The quantitative estimate of drug-likeness (QED) is 0.815. The zero-order chi connectivity index (χ0) is 13.1. The Labute approximate surface area is 107 Å². The summed E-state index contributed by atoms with van der Waals surface area (Å²) >= 11 is 5.52. The van der Waals surface area contributed by atoms with Crippen molar-refractivity contribution in [2.75, 3.05) is 11.2 Å². The molecule has 3 N–H and O–H groups in total. The highest BCUT2D eigenvalue weighted by atomic mass is 35.5. The number of amides is 1. The first-order valence-corrected chi connectivity index (χ1v) is 6.12. The molecule has 3 nitrogen and oxygen atoms in total. The minimum absolute atomic E-state index is 0.0531. The predicted octanol–water partition coefficient (Wildman–Crippen LogP) is 2.62. The highest BCUT2D eigenvalue weighted by Crippen LogP contribution is 2.32. The van der Waals surface area contributed by atoms with Gasteiger partial charge >= 0.3 is 0 Å². The van der Waals surface area contributed by atoms with E-state index in [0.717, 1.165) is 16.8 Å². The average Bonchev–Trinajstić information content (AvgIpc) is 2.27. The average molecular weight is 255 g/mol. The zero-order valence-corrected chi connectivity index (χ0v) is 11.3. The molecule has 0 saturated carbocycles. The van der Waals surface area contributed by atoms with Gasteiger partial charge in [0.1, 0.15) is 5.88 Å². The molecule has 94 valence electrons. The second-order valence-corrected chi connectivity index (χ2v) is 5.24. The van der Waals surface area contributed by atoms with Crippen LogP contribution < -0.4 is 11.1 Å². The lowest BCUT2D eigenvalue weighted by Gasteiger charge is -2.24. The first-order chi connectivity index (χ1) is 7.90. The number of hydrogen-bond donors (Lipinski definition) is 2. The van der Waals surface area contributed by atoms with E-state index in [-0.39, 0.29) is 17.2 Å². The van der Waals surface area contributed by atoms with Crippen LogP contribution >= 0.6 is 11.6 Å². The number of halogens is 1. The second kappa shape index (κ2) is 5.52. The molecule has 0 aliphatic rings. The predicted molar refractivity (Wildman–Crippen MR) is 72.4 cm³/mol. The fraction of sp³-hybridized carbons (Fsp3) is 0.462. The third-order valence-corrected chi connectivity index (χ3v) is 2.81. The lowest BCUT2D eigenvalue weighted by atomic mass is 9.84. The minimum Gasteiger partial charge on any atom is -0.326 e. The first-order valence-electron chi connectivity index (χ1n) is 5.58. The summed E-state index contributed by atoms with van der Waals surface area (Å²) in [7, 11) is 0. The monoisotopic (exact) mass is 254 g/mol. The highest BCUT2D eigenvalue weighted by molar-refractivity contribution is 6.29. The van der Waals surface area contributed by atoms with Gasteiger partial charge in [-0.25, -0.2) is 0 Å². The molecule has 1 aromatic carbocycles. The Morgan fingerprint density at radius 2 is 2.06 bits per heavy atom. The molecule has 0 atom stereocenters. The molecule has 1 rings (SSSR count). The van der Waals surface area contributed by atoms with Crippen LogP contribution in [0.1, 0.15) is 31.9 Å². The molecule has 0 spiro atoms. The number of nitrogens with one attached hydrogen (secondary N) is 1. The van der Waals surface area contributed by atoms with Crippen molar-refractivity contribution in [3.8, 4) is 0 Å². The third kappa shape index (κ3) is 3.45. The van der Waals surface area contributed by atoms with E-state index in [0.29, 0.717) is 6.54 Å². The Morgan fingerprint density at radius 1 is 1.41 bits per heavy atom. The van der Waals surface area contributed by atoms with E-state index in [4.69, 9.17) is 17.3 Å². The standard InChI is InChI=1S/C13H19ClN2O/c1-13(2,3)10-6-4-5-9(8-15)12(10)16-11(17)7-14/h4-6H,7-8,15H2,1-3H3,(H,16,17). The fourth-order valence-corrected chi connectivity index (χ4v) is 1.78. The maximum absolute atomic E-state index is 11.4. The number of para-hydroxylation sites is 1. The largest absolute Gasteiger partial charge is 0.326 e. The van der Waals surface area contributed by atoms with E-state index < -0.39 is 0 Å². The van der Waals surface area contributed by atoms with Crippen LogP contribution in [0.4, 0.5) is 5.69 Å². The molecule has 0 unspecified atom stereocenters. The van der Waals surface area contributed by atoms with Crippen LogP contribution in [0.15, 0.2) is 18.2 Å². The van der Waals surface area contributed by atoms with Crippen molar-refractivity contribution in [3.63, 3.8) is 0 Å². The Morgan fingerprint density at radius 3 is 2.53 bits per heavy atom. The van der Waals surface area contributed by atoms with E-state index in [1.54, 1.807) is 0 Å². The zero-order valence-electron chi connectivity index (χ0n) is 10.5. The second-order valence-electron chi connectivity index (χ2n) is 4.98. The van der Waals surface area contributed by atoms with Gasteiger partial charge in [-0.15, -0.1) is 11.6 Å². The summed E-state index contributed by atoms with van der Waals surface area (Å²) < 4.78 is 0. The molecule has 17 heavy (non-hydrogen) atoms. The Hall–Kier alpha value is -1.06. The van der Waals surface area contributed by atoms with Gasteiger partial charge in [-0.1, -0.05) is 39.0 Å². The van der Waals surface area contributed by atoms with Crippen molar-refractivity contribution < 1.29 is 4.79 Å². The van der Waals surface area contributed by atoms with Crippen molar-refractivity contribution in [3.05, 3.63) is 29.3 Å². The molecule has 1 amide bonds. The molecule has 1 aromatic rings. The summed E-state index contributed by atoms with van der Waals surface area (Å²) in [6.45, 7) is 6.68. The number of carbonyl (C=O) groups excluding carboxylic acids is 1. The maximum atomic E-state index is 11.4. The Bertz CT molecular complexity index is 410. The van der Waals surface area contributed by atoms with Gasteiger partial charge in [-0.05, 0) is 16.5 Å². The highest BCUT2D eigenvalue weighted by Gasteiger charge is 2.20. The number of benzene rings is 1. The van der Waals surface area contributed by atoms with Gasteiger partial charge in [0.2, 0.25) is 5.91 Å². The fourth-order valence-electron chi connectivity index (χ4n) is 1.72. The number of hydrogen-bond acceptors (Lipinski definition) is 2. The van der Waals surface area contributed by atoms with Gasteiger partial charge < -0.3 is 11.1 Å². The summed E-state index contributed by atoms with van der Waals surface area (Å²) in [5, 5.41) is 2.84. The molecule has 0 aromatic heterocycles. The lowest BCUT2D eigenvalue weighted by Crippen LogP contribution is -2.21. The van der Waals surface area contributed by atoms with Crippen LogP contribution in [-0.2, 0) is 16.8 Å². The molecular weight excluding hydrogens is 236 g/mol. The number of anilines is 1. The lowest BCUT2D eigenvalue weighted by molar-refractivity contribution is -0.113. The summed E-state index contributed by atoms with van der Waals surface area (Å²) in [5.74, 6) is -0.263. The van der Waals surface area contributed by atoms with E-state index >= 15 is 0 Å². The molecule has 0 aliphatic carbocycles. The molecule has 0 heterocycles. The van der Waals surface area contributed by atoms with Crippen LogP contribution in [0.3, 0.4) is 0 Å². The van der Waals surface area contributed by atoms with E-state index in [2.05, 4.69) is 26.1 Å². The Kier molecular flexibility index (Phi) is 4.54. The van der Waals surface area contributed by atoms with Gasteiger partial charge in [0, 0.05) is 12.2 Å². The first kappa shape index (κ1) is 14.0. The van der Waals surface area contributed by atoms with Gasteiger partial charge in [0.05, 0.1) is 0 Å². The molecule has 0 saturated heterocycles. The Balaban J connectivity index is 3.26. The van der Waals surface area contributed by atoms with E-state index in [9.17, 15) is 4.79 Å². The van der Waals surface area contributed by atoms with Crippen molar-refractivity contribution in [1.82, 2.24) is 0 Å². The summed E-state index contributed by atoms with van der Waals surface area (Å²) in [5.41, 5.74) is 8.43. The molecule has 0 fully saturated rings. The van der Waals surface area contributed by atoms with Gasteiger partial charge in [-0.2, -0.15) is 0 Å². The van der Waals surface area contributed by atoms with Crippen molar-refractivity contribution in [2.24, 2.45) is 5.73 Å². The third-order valence-electron chi connectivity index (χ3n) is 2.56. The maximum Gasteiger partial charge on any atom is 0.239 e. The molecular formula is C13H19ClN2O. The van der Waals surface area contributed by atoms with Crippen LogP contribution in [0, 0.1) is 0 Å². The smallest absolute Gasteiger partial charge is 0.239 e.